The fraction of sp³-hybridized carbons (Fsp3) is 0.500. The summed E-state index contributed by atoms with van der Waals surface area (Å²) >= 11 is 0. The van der Waals surface area contributed by atoms with Gasteiger partial charge in [0.05, 0.1) is 12.1 Å². The average Bonchev–Trinajstić information content (AvgIpc) is 3.40. The van der Waals surface area contributed by atoms with Crippen molar-refractivity contribution in [3.63, 3.8) is 0 Å². The van der Waals surface area contributed by atoms with Gasteiger partial charge in [-0.2, -0.15) is 18.3 Å². The molecule has 0 spiro atoms. The van der Waals surface area contributed by atoms with Gasteiger partial charge in [0.25, 0.3) is 5.91 Å². The van der Waals surface area contributed by atoms with Crippen LogP contribution in [0.5, 0.6) is 0 Å². The minimum absolute atomic E-state index is 0.00866. The molecule has 1 N–H and O–H groups in total. The Labute approximate surface area is 153 Å². The van der Waals surface area contributed by atoms with Crippen molar-refractivity contribution in [2.45, 2.75) is 38.3 Å². The van der Waals surface area contributed by atoms with E-state index in [1.165, 1.54) is 4.90 Å². The number of carbonyl (C=O) groups is 2. The summed E-state index contributed by atoms with van der Waals surface area (Å²) in [4.78, 5) is 25.8. The minimum atomic E-state index is -4.58. The highest BCUT2D eigenvalue weighted by Crippen LogP contribution is 2.43. The molecule has 2 aliphatic rings. The number of carbonyl (C=O) groups excluding carboxylic acids is 2. The number of halogens is 3. The highest BCUT2D eigenvalue weighted by molar-refractivity contribution is 5.98. The van der Waals surface area contributed by atoms with Crippen LogP contribution in [0.2, 0.25) is 0 Å². The van der Waals surface area contributed by atoms with Crippen molar-refractivity contribution < 1.29 is 22.8 Å². The van der Waals surface area contributed by atoms with Crippen molar-refractivity contribution in [1.29, 1.82) is 0 Å². The van der Waals surface area contributed by atoms with Gasteiger partial charge in [-0.3, -0.25) is 9.59 Å². The van der Waals surface area contributed by atoms with Gasteiger partial charge in [-0.1, -0.05) is 6.92 Å². The number of aromatic nitrogens is 2. The van der Waals surface area contributed by atoms with Crippen LogP contribution >= 0.6 is 0 Å². The molecule has 1 saturated carbocycles. The summed E-state index contributed by atoms with van der Waals surface area (Å²) in [5, 5.41) is 6.67. The Morgan fingerprint density at radius 1 is 1.33 bits per heavy atom. The van der Waals surface area contributed by atoms with Crippen LogP contribution in [-0.4, -0.2) is 46.0 Å². The van der Waals surface area contributed by atoms with Gasteiger partial charge in [0.1, 0.15) is 5.69 Å². The van der Waals surface area contributed by atoms with Crippen LogP contribution < -0.4 is 5.32 Å². The Bertz CT molecular complexity index is 931. The van der Waals surface area contributed by atoms with Crippen LogP contribution in [0.3, 0.4) is 0 Å². The molecule has 2 aromatic heterocycles. The topological polar surface area (TPSA) is 66.7 Å². The van der Waals surface area contributed by atoms with E-state index in [1.54, 1.807) is 13.0 Å². The van der Waals surface area contributed by atoms with E-state index >= 15 is 0 Å². The van der Waals surface area contributed by atoms with Crippen LogP contribution in [-0.2, 0) is 17.4 Å². The van der Waals surface area contributed by atoms with Gasteiger partial charge in [0.2, 0.25) is 5.91 Å². The quantitative estimate of drug-likeness (QED) is 0.889. The van der Waals surface area contributed by atoms with Crippen LogP contribution in [0.1, 0.15) is 53.0 Å². The first kappa shape index (κ1) is 17.8. The zero-order valence-electron chi connectivity index (χ0n) is 14.8. The molecule has 9 heteroatoms. The minimum Gasteiger partial charge on any atom is -0.353 e. The molecule has 1 aliphatic carbocycles. The van der Waals surface area contributed by atoms with Crippen LogP contribution in [0.25, 0.3) is 5.52 Å². The maximum atomic E-state index is 13.6. The van der Waals surface area contributed by atoms with E-state index in [0.29, 0.717) is 36.2 Å². The highest BCUT2D eigenvalue weighted by atomic mass is 19.4. The second-order valence-corrected chi connectivity index (χ2v) is 7.00. The number of amides is 2. The van der Waals surface area contributed by atoms with E-state index in [2.05, 4.69) is 10.4 Å². The number of alkyl halides is 3. The van der Waals surface area contributed by atoms with E-state index in [-0.39, 0.29) is 24.1 Å². The Hall–Kier alpha value is -2.58. The number of aryl methyl sites for hydroxylation is 1. The van der Waals surface area contributed by atoms with Crippen molar-refractivity contribution in [3.05, 3.63) is 34.6 Å². The van der Waals surface area contributed by atoms with Gasteiger partial charge < -0.3 is 10.2 Å². The monoisotopic (exact) mass is 380 g/mol. The Kier molecular flexibility index (Phi) is 4.12. The molecule has 0 atom stereocenters. The van der Waals surface area contributed by atoms with E-state index in [4.69, 9.17) is 0 Å². The summed E-state index contributed by atoms with van der Waals surface area (Å²) in [6.45, 7) is 2.29. The predicted molar refractivity (Wildman–Crippen MR) is 90.5 cm³/mol. The van der Waals surface area contributed by atoms with E-state index in [1.807, 2.05) is 0 Å². The largest absolute Gasteiger partial charge is 0.433 e. The van der Waals surface area contributed by atoms with Crippen molar-refractivity contribution in [3.8, 4) is 0 Å². The number of pyridine rings is 1. The zero-order valence-corrected chi connectivity index (χ0v) is 14.8. The Morgan fingerprint density at radius 3 is 2.67 bits per heavy atom. The maximum absolute atomic E-state index is 13.6. The van der Waals surface area contributed by atoms with Crippen LogP contribution in [0.4, 0.5) is 13.2 Å². The first-order valence-electron chi connectivity index (χ1n) is 8.98. The second-order valence-electron chi connectivity index (χ2n) is 7.00. The van der Waals surface area contributed by atoms with Crippen LogP contribution in [0.15, 0.2) is 12.1 Å². The first-order chi connectivity index (χ1) is 12.8. The number of piperazine rings is 1. The fourth-order valence-electron chi connectivity index (χ4n) is 3.55. The molecule has 144 valence electrons. The lowest BCUT2D eigenvalue weighted by atomic mass is 10.1. The predicted octanol–water partition coefficient (Wildman–Crippen LogP) is 2.36. The highest BCUT2D eigenvalue weighted by Gasteiger charge is 2.38. The third-order valence-corrected chi connectivity index (χ3v) is 5.08. The molecule has 3 heterocycles. The fourth-order valence-corrected chi connectivity index (χ4v) is 3.55. The molecule has 2 fully saturated rings. The van der Waals surface area contributed by atoms with Crippen molar-refractivity contribution in [2.75, 3.05) is 19.6 Å². The van der Waals surface area contributed by atoms with Gasteiger partial charge in [-0.05, 0) is 42.9 Å². The molecule has 2 amide bonds. The van der Waals surface area contributed by atoms with Crippen molar-refractivity contribution in [2.24, 2.45) is 0 Å². The van der Waals surface area contributed by atoms with Gasteiger partial charge in [0.15, 0.2) is 5.69 Å². The molecule has 0 radical (unpaired) electrons. The summed E-state index contributed by atoms with van der Waals surface area (Å²) in [5.74, 6) is -0.657. The van der Waals surface area contributed by atoms with Crippen LogP contribution in [0, 0.1) is 0 Å². The molecular formula is C18H19F3N4O2. The molecule has 0 unspecified atom stereocenters. The summed E-state index contributed by atoms with van der Waals surface area (Å²) < 4.78 is 41.7. The molecule has 2 aromatic rings. The third-order valence-electron chi connectivity index (χ3n) is 5.08. The molecular weight excluding hydrogens is 361 g/mol. The Morgan fingerprint density at radius 2 is 2.07 bits per heavy atom. The summed E-state index contributed by atoms with van der Waals surface area (Å²) in [6.07, 6.45) is -2.46. The van der Waals surface area contributed by atoms with Crippen molar-refractivity contribution >= 4 is 17.3 Å². The molecule has 27 heavy (non-hydrogen) atoms. The van der Waals surface area contributed by atoms with Gasteiger partial charge in [-0.15, -0.1) is 0 Å². The standard InChI is InChI=1S/C18H19F3N4O2/c1-2-12-13-7-11(10-3-4-10)8-14(18(19,20)21)25(13)23-16(12)17(27)24-6-5-22-15(26)9-24/h7-8,10H,2-6,9H2,1H3,(H,22,26). The van der Waals surface area contributed by atoms with Gasteiger partial charge in [-0.25, -0.2) is 4.52 Å². The third kappa shape index (κ3) is 3.15. The molecule has 4 rings (SSSR count). The van der Waals surface area contributed by atoms with E-state index in [0.717, 1.165) is 23.4 Å². The maximum Gasteiger partial charge on any atom is 0.433 e. The molecule has 0 aromatic carbocycles. The van der Waals surface area contributed by atoms with Gasteiger partial charge in [0, 0.05) is 18.7 Å². The first-order valence-corrected chi connectivity index (χ1v) is 8.98. The SMILES string of the molecule is CCc1c(C(=O)N2CCNC(=O)C2)nn2c(C(F)(F)F)cc(C3CC3)cc12. The number of hydrogen-bond donors (Lipinski definition) is 1. The molecule has 0 bridgehead atoms. The molecule has 1 aliphatic heterocycles. The lowest BCUT2D eigenvalue weighted by molar-refractivity contribution is -0.142. The summed E-state index contributed by atoms with van der Waals surface area (Å²) in [5.41, 5.74) is 0.566. The average molecular weight is 380 g/mol. The number of rotatable bonds is 3. The normalized spacial score (nSPS) is 18.1. The number of fused-ring (bicyclic) bond motifs is 1. The molecule has 1 saturated heterocycles. The smallest absolute Gasteiger partial charge is 0.353 e. The lowest BCUT2D eigenvalue weighted by Crippen LogP contribution is -2.50. The van der Waals surface area contributed by atoms with E-state index in [9.17, 15) is 22.8 Å². The van der Waals surface area contributed by atoms with E-state index < -0.39 is 17.8 Å². The number of nitrogens with one attached hydrogen (secondary N) is 1. The number of hydrogen-bond acceptors (Lipinski definition) is 3. The summed E-state index contributed by atoms with van der Waals surface area (Å²) in [6, 6.07) is 2.86. The second kappa shape index (κ2) is 6.24. The molecule has 6 nitrogen and oxygen atoms in total. The number of nitrogens with zero attached hydrogens (tertiary/aromatic N) is 3. The van der Waals surface area contributed by atoms with Gasteiger partial charge >= 0.3 is 6.18 Å². The Balaban J connectivity index is 1.86. The lowest BCUT2D eigenvalue weighted by Gasteiger charge is -2.26. The zero-order chi connectivity index (χ0) is 19.3. The summed E-state index contributed by atoms with van der Waals surface area (Å²) in [7, 11) is 0. The van der Waals surface area contributed by atoms with Crippen molar-refractivity contribution in [1.82, 2.24) is 19.8 Å².